The lowest BCUT2D eigenvalue weighted by atomic mass is 10.2. The van der Waals surface area contributed by atoms with E-state index in [2.05, 4.69) is 9.71 Å². The molecule has 6 nitrogen and oxygen atoms in total. The second kappa shape index (κ2) is 8.81. The molecule has 0 radical (unpaired) electrons. The third-order valence-corrected chi connectivity index (χ3v) is 7.70. The van der Waals surface area contributed by atoms with Gasteiger partial charge in [-0.25, -0.2) is 25.9 Å². The van der Waals surface area contributed by atoms with Crippen molar-refractivity contribution in [3.63, 3.8) is 0 Å². The molecule has 1 N–H and O–H groups in total. The van der Waals surface area contributed by atoms with Crippen LogP contribution in [-0.4, -0.2) is 28.4 Å². The van der Waals surface area contributed by atoms with Crippen LogP contribution in [0, 0.1) is 5.82 Å². The Morgan fingerprint density at radius 1 is 0.897 bits per heavy atom. The van der Waals surface area contributed by atoms with Crippen LogP contribution in [-0.2, 0) is 25.6 Å². The lowest BCUT2D eigenvalue weighted by Crippen LogP contribution is -2.32. The van der Waals surface area contributed by atoms with E-state index in [1.165, 1.54) is 48.8 Å². The number of hydrogen-bond donors (Lipinski definition) is 1. The first kappa shape index (κ1) is 21.1. The standard InChI is InChI=1S/C20H19FN2O4S2/c21-18-10-8-16(9-11-18)15-28(24,25)23-14-20(17-5-4-12-22-13-17)29(26,27)19-6-2-1-3-7-19/h1-13,20,23H,14-15H2/t20-/m0/s1. The van der Waals surface area contributed by atoms with E-state index < -0.39 is 36.7 Å². The van der Waals surface area contributed by atoms with Crippen LogP contribution >= 0.6 is 0 Å². The maximum atomic E-state index is 13.1. The van der Waals surface area contributed by atoms with Gasteiger partial charge in [0, 0.05) is 18.9 Å². The Kier molecular flexibility index (Phi) is 6.41. The lowest BCUT2D eigenvalue weighted by molar-refractivity contribution is 0.568. The average molecular weight is 435 g/mol. The van der Waals surface area contributed by atoms with Gasteiger partial charge in [-0.05, 0) is 41.5 Å². The van der Waals surface area contributed by atoms with Crippen LogP contribution < -0.4 is 4.72 Å². The van der Waals surface area contributed by atoms with Gasteiger partial charge in [0.2, 0.25) is 10.0 Å². The molecular weight excluding hydrogens is 415 g/mol. The largest absolute Gasteiger partial charge is 0.264 e. The third-order valence-electron chi connectivity index (χ3n) is 4.26. The average Bonchev–Trinajstić information content (AvgIpc) is 2.71. The number of pyridine rings is 1. The van der Waals surface area contributed by atoms with Crippen molar-refractivity contribution in [1.82, 2.24) is 9.71 Å². The van der Waals surface area contributed by atoms with Crippen molar-refractivity contribution in [2.75, 3.05) is 6.54 Å². The first-order chi connectivity index (χ1) is 13.8. The molecule has 152 valence electrons. The smallest absolute Gasteiger partial charge is 0.215 e. The summed E-state index contributed by atoms with van der Waals surface area (Å²) in [5.74, 6) is -0.858. The van der Waals surface area contributed by atoms with Crippen molar-refractivity contribution in [2.45, 2.75) is 15.9 Å². The number of halogens is 1. The monoisotopic (exact) mass is 434 g/mol. The molecule has 0 aliphatic carbocycles. The Morgan fingerprint density at radius 3 is 2.21 bits per heavy atom. The Balaban J connectivity index is 1.85. The molecule has 1 atom stereocenters. The normalized spacial score (nSPS) is 13.1. The molecule has 0 saturated carbocycles. The van der Waals surface area contributed by atoms with Crippen molar-refractivity contribution >= 4 is 19.9 Å². The summed E-state index contributed by atoms with van der Waals surface area (Å²) in [5.41, 5.74) is 0.767. The highest BCUT2D eigenvalue weighted by Gasteiger charge is 2.30. The fraction of sp³-hybridized carbons (Fsp3) is 0.150. The van der Waals surface area contributed by atoms with Crippen LogP contribution in [0.4, 0.5) is 4.39 Å². The molecule has 9 heteroatoms. The van der Waals surface area contributed by atoms with E-state index in [1.807, 2.05) is 0 Å². The fourth-order valence-corrected chi connectivity index (χ4v) is 5.73. The maximum Gasteiger partial charge on any atom is 0.215 e. The van der Waals surface area contributed by atoms with Crippen LogP contribution in [0.1, 0.15) is 16.4 Å². The van der Waals surface area contributed by atoms with Gasteiger partial charge in [0.15, 0.2) is 9.84 Å². The van der Waals surface area contributed by atoms with Gasteiger partial charge < -0.3 is 0 Å². The van der Waals surface area contributed by atoms with Gasteiger partial charge >= 0.3 is 0 Å². The maximum absolute atomic E-state index is 13.1. The zero-order chi connectivity index (χ0) is 20.9. The third kappa shape index (κ3) is 5.47. The summed E-state index contributed by atoms with van der Waals surface area (Å²) < 4.78 is 66.6. The summed E-state index contributed by atoms with van der Waals surface area (Å²) in [6.45, 7) is -0.355. The van der Waals surface area contributed by atoms with E-state index in [1.54, 1.807) is 30.3 Å². The number of nitrogens with one attached hydrogen (secondary N) is 1. The molecule has 0 unspecified atom stereocenters. The van der Waals surface area contributed by atoms with Gasteiger partial charge in [0.05, 0.1) is 10.6 Å². The number of sulfonamides is 1. The molecule has 0 amide bonds. The summed E-state index contributed by atoms with van der Waals surface area (Å²) >= 11 is 0. The number of rotatable bonds is 8. The number of sulfone groups is 1. The zero-order valence-corrected chi connectivity index (χ0v) is 16.9. The molecule has 3 aromatic rings. The number of benzene rings is 2. The molecule has 0 saturated heterocycles. The van der Waals surface area contributed by atoms with Crippen LogP contribution in [0.25, 0.3) is 0 Å². The fourth-order valence-electron chi connectivity index (χ4n) is 2.80. The lowest BCUT2D eigenvalue weighted by Gasteiger charge is -2.19. The van der Waals surface area contributed by atoms with Gasteiger partial charge in [0.25, 0.3) is 0 Å². The second-order valence-electron chi connectivity index (χ2n) is 6.37. The minimum Gasteiger partial charge on any atom is -0.264 e. The van der Waals surface area contributed by atoms with E-state index in [-0.39, 0.29) is 11.4 Å². The minimum atomic E-state index is -3.87. The number of hydrogen-bond acceptors (Lipinski definition) is 5. The highest BCUT2D eigenvalue weighted by Crippen LogP contribution is 2.28. The van der Waals surface area contributed by atoms with Gasteiger partial charge in [-0.1, -0.05) is 36.4 Å². The van der Waals surface area contributed by atoms with E-state index in [0.717, 1.165) is 0 Å². The Labute approximate surface area is 169 Å². The van der Waals surface area contributed by atoms with Crippen molar-refractivity contribution in [3.05, 3.63) is 96.1 Å². The van der Waals surface area contributed by atoms with Crippen LogP contribution in [0.3, 0.4) is 0 Å². The molecule has 2 aromatic carbocycles. The minimum absolute atomic E-state index is 0.0894. The first-order valence-electron chi connectivity index (χ1n) is 8.68. The highest BCUT2D eigenvalue weighted by atomic mass is 32.2. The molecule has 29 heavy (non-hydrogen) atoms. The second-order valence-corrected chi connectivity index (χ2v) is 10.3. The van der Waals surface area contributed by atoms with Crippen LogP contribution in [0.2, 0.25) is 0 Å². The van der Waals surface area contributed by atoms with E-state index in [9.17, 15) is 21.2 Å². The molecule has 0 fully saturated rings. The van der Waals surface area contributed by atoms with E-state index >= 15 is 0 Å². The Hall–Kier alpha value is -2.62. The molecule has 3 rings (SSSR count). The Morgan fingerprint density at radius 2 is 1.59 bits per heavy atom. The summed E-state index contributed by atoms with van der Waals surface area (Å²) in [5, 5.41) is -1.15. The molecule has 0 aliphatic rings. The summed E-state index contributed by atoms with van der Waals surface area (Å²) in [4.78, 5) is 4.05. The predicted molar refractivity (Wildman–Crippen MR) is 108 cm³/mol. The first-order valence-corrected chi connectivity index (χ1v) is 11.9. The Bertz CT molecular complexity index is 1150. The van der Waals surface area contributed by atoms with Crippen molar-refractivity contribution in [3.8, 4) is 0 Å². The van der Waals surface area contributed by atoms with Crippen molar-refractivity contribution < 1.29 is 21.2 Å². The number of nitrogens with zero attached hydrogens (tertiary/aromatic N) is 1. The summed E-state index contributed by atoms with van der Waals surface area (Å²) in [6, 6.07) is 16.1. The molecular formula is C20H19FN2O4S2. The van der Waals surface area contributed by atoms with Gasteiger partial charge in [0.1, 0.15) is 11.1 Å². The molecule has 1 aromatic heterocycles. The van der Waals surface area contributed by atoms with Gasteiger partial charge in [-0.15, -0.1) is 0 Å². The van der Waals surface area contributed by atoms with Crippen LogP contribution in [0.15, 0.2) is 84.0 Å². The quantitative estimate of drug-likeness (QED) is 0.588. The molecule has 0 bridgehead atoms. The molecule has 0 aliphatic heterocycles. The summed E-state index contributed by atoms with van der Waals surface area (Å²) in [6.07, 6.45) is 2.91. The molecule has 0 spiro atoms. The van der Waals surface area contributed by atoms with E-state index in [0.29, 0.717) is 11.1 Å². The van der Waals surface area contributed by atoms with Gasteiger partial charge in [-0.3, -0.25) is 4.98 Å². The summed E-state index contributed by atoms with van der Waals surface area (Å²) in [7, 11) is -7.72. The van der Waals surface area contributed by atoms with Gasteiger partial charge in [-0.2, -0.15) is 0 Å². The molecule has 1 heterocycles. The predicted octanol–water partition coefficient (Wildman–Crippen LogP) is 2.86. The van der Waals surface area contributed by atoms with Crippen molar-refractivity contribution in [1.29, 1.82) is 0 Å². The van der Waals surface area contributed by atoms with Crippen molar-refractivity contribution in [2.24, 2.45) is 0 Å². The SMILES string of the molecule is O=S(=O)(Cc1ccc(F)cc1)NC[C@@H](c1cccnc1)S(=O)(=O)c1ccccc1. The van der Waals surface area contributed by atoms with Crippen LogP contribution in [0.5, 0.6) is 0 Å². The van der Waals surface area contributed by atoms with E-state index in [4.69, 9.17) is 0 Å². The zero-order valence-electron chi connectivity index (χ0n) is 15.3. The highest BCUT2D eigenvalue weighted by molar-refractivity contribution is 7.92. The topological polar surface area (TPSA) is 93.2 Å². The number of aromatic nitrogens is 1.